The molecule has 0 aromatic carbocycles. The summed E-state index contributed by atoms with van der Waals surface area (Å²) in [6.45, 7) is 0. The van der Waals surface area contributed by atoms with Crippen molar-refractivity contribution >= 4 is 48.8 Å². The molecule has 0 amide bonds. The van der Waals surface area contributed by atoms with Crippen molar-refractivity contribution in [3.63, 3.8) is 0 Å². The van der Waals surface area contributed by atoms with Gasteiger partial charge in [-0.05, 0) is 22.0 Å². The third kappa shape index (κ3) is 1.62. The Kier molecular flexibility index (Phi) is 2.62. The van der Waals surface area contributed by atoms with Crippen molar-refractivity contribution in [3.05, 3.63) is 10.8 Å². The van der Waals surface area contributed by atoms with E-state index in [4.69, 9.17) is 23.4 Å². The van der Waals surface area contributed by atoms with E-state index in [0.717, 1.165) is 9.95 Å². The fourth-order valence-corrected chi connectivity index (χ4v) is 3.32. The molecule has 1 heterocycles. The smallest absolute Gasteiger partial charge is 0.0666 e. The van der Waals surface area contributed by atoms with Gasteiger partial charge in [0, 0.05) is 5.75 Å². The maximum atomic E-state index is 5.00. The van der Waals surface area contributed by atoms with E-state index in [2.05, 4.69) is 0 Å². The molecule has 0 bridgehead atoms. The van der Waals surface area contributed by atoms with E-state index in [0.29, 0.717) is 0 Å². The fraction of sp³-hybridized carbons (Fsp3) is 0.250. The Morgan fingerprint density at radius 1 is 1.75 bits per heavy atom. The van der Waals surface area contributed by atoms with Crippen LogP contribution in [0.15, 0.2) is 10.8 Å². The molecule has 0 aliphatic carbocycles. The lowest BCUT2D eigenvalue weighted by Gasteiger charge is -2.04. The van der Waals surface area contributed by atoms with E-state index in [-0.39, 0.29) is 9.45 Å². The topological polar surface area (TPSA) is 0 Å². The highest BCUT2D eigenvalue weighted by Crippen LogP contribution is 2.12. The van der Waals surface area contributed by atoms with Gasteiger partial charge in [0.25, 0.3) is 0 Å². The second-order valence-electron chi connectivity index (χ2n) is 1.25. The van der Waals surface area contributed by atoms with Crippen LogP contribution >= 0.6 is 24.0 Å². The van der Waals surface area contributed by atoms with Gasteiger partial charge in [0.15, 0.2) is 0 Å². The van der Waals surface area contributed by atoms with Gasteiger partial charge in [-0.3, -0.25) is 0 Å². The van der Waals surface area contributed by atoms with Gasteiger partial charge >= 0.3 is 0 Å². The van der Waals surface area contributed by atoms with Gasteiger partial charge in [0.2, 0.25) is 0 Å². The van der Waals surface area contributed by atoms with E-state index >= 15 is 0 Å². The summed E-state index contributed by atoms with van der Waals surface area (Å²) >= 11 is 11.7. The third-order valence-electron chi connectivity index (χ3n) is 0.701. The largest absolute Gasteiger partial charge is 0.127 e. The normalized spacial score (nSPS) is 28.5. The molecule has 1 aliphatic rings. The number of hydrogen-bond acceptors (Lipinski definition) is 3. The Morgan fingerprint density at radius 3 is 2.88 bits per heavy atom. The molecule has 0 aromatic heterocycles. The van der Waals surface area contributed by atoms with E-state index < -0.39 is 0 Å². The molecule has 1 rings (SSSR count). The molecule has 1 atom stereocenters. The molecule has 1 unspecified atom stereocenters. The van der Waals surface area contributed by atoms with Crippen LogP contribution in [-0.4, -0.2) is 9.95 Å². The van der Waals surface area contributed by atoms with Crippen molar-refractivity contribution in [3.8, 4) is 0 Å². The van der Waals surface area contributed by atoms with Crippen molar-refractivity contribution in [2.75, 3.05) is 5.75 Å². The number of thiocarbonyl (C=S) groups is 1. The zero-order valence-electron chi connectivity index (χ0n) is 3.99. The Balaban J connectivity index is 2.75. The molecule has 8 heavy (non-hydrogen) atoms. The van der Waals surface area contributed by atoms with E-state index in [1.807, 2.05) is 10.8 Å². The third-order valence-corrected chi connectivity index (χ3v) is 4.94. The molecule has 4 heteroatoms. The summed E-state index contributed by atoms with van der Waals surface area (Å²) in [6, 6.07) is 0. The first-order chi connectivity index (χ1) is 3.80. The quantitative estimate of drug-likeness (QED) is 0.520. The van der Waals surface area contributed by atoms with Crippen LogP contribution in [0.3, 0.4) is 0 Å². The van der Waals surface area contributed by atoms with Crippen molar-refractivity contribution in [2.45, 2.75) is 0 Å². The zero-order chi connectivity index (χ0) is 5.98. The summed E-state index contributed by atoms with van der Waals surface area (Å²) < 4.78 is 1.02. The minimum atomic E-state index is -0.122. The summed E-state index contributed by atoms with van der Waals surface area (Å²) in [5, 5.41) is 4.03. The van der Waals surface area contributed by atoms with Gasteiger partial charge in [-0.1, -0.05) is 21.7 Å². The number of thioether (sulfide) groups is 1. The molecule has 0 radical (unpaired) electrons. The maximum Gasteiger partial charge on any atom is 0.0666 e. The molecule has 0 spiro atoms. The average Bonchev–Trinajstić information content (AvgIpc) is 1.77. The molecular formula is C4H4S4. The van der Waals surface area contributed by atoms with Crippen LogP contribution < -0.4 is 0 Å². The van der Waals surface area contributed by atoms with Gasteiger partial charge in [-0.2, -0.15) is 0 Å². The van der Waals surface area contributed by atoms with Gasteiger partial charge in [0.1, 0.15) is 0 Å². The van der Waals surface area contributed by atoms with Crippen LogP contribution in [0.2, 0.25) is 0 Å². The Bertz CT molecular complexity index is 157. The predicted molar refractivity (Wildman–Crippen MR) is 48.9 cm³/mol. The standard InChI is InChI=1S/C4H4S4/c5-4-3-7-1-2-8(4)6/h1-2H,3H2. The summed E-state index contributed by atoms with van der Waals surface area (Å²) in [4.78, 5) is 0. The Labute approximate surface area is 65.3 Å². The van der Waals surface area contributed by atoms with Gasteiger partial charge in [-0.15, -0.1) is 11.8 Å². The lowest BCUT2D eigenvalue weighted by Crippen LogP contribution is -2.05. The second-order valence-corrected chi connectivity index (χ2v) is 5.34. The molecule has 1 aliphatic heterocycles. The van der Waals surface area contributed by atoms with Crippen LogP contribution in [-0.2, 0) is 20.6 Å². The lowest BCUT2D eigenvalue weighted by atomic mass is 10.9. The van der Waals surface area contributed by atoms with Crippen LogP contribution in [0.1, 0.15) is 0 Å². The zero-order valence-corrected chi connectivity index (χ0v) is 7.26. The molecule has 0 aromatic rings. The van der Waals surface area contributed by atoms with E-state index in [1.165, 1.54) is 0 Å². The second kappa shape index (κ2) is 3.06. The molecule has 0 nitrogen and oxygen atoms in total. The summed E-state index contributed by atoms with van der Waals surface area (Å²) in [6.07, 6.45) is 0. The van der Waals surface area contributed by atoms with Crippen LogP contribution in [0, 0.1) is 0 Å². The monoisotopic (exact) mass is 180 g/mol. The van der Waals surface area contributed by atoms with Crippen LogP contribution in [0.25, 0.3) is 0 Å². The van der Waals surface area contributed by atoms with Crippen LogP contribution in [0.4, 0.5) is 0 Å². The minimum absolute atomic E-state index is 0.122. The summed E-state index contributed by atoms with van der Waals surface area (Å²) in [5.41, 5.74) is 0. The first-order valence-electron chi connectivity index (χ1n) is 2.02. The lowest BCUT2D eigenvalue weighted by molar-refractivity contribution is 2.12. The Hall–Kier alpha value is 0.750. The molecule has 0 N–H and O–H groups in total. The van der Waals surface area contributed by atoms with Crippen molar-refractivity contribution in [2.24, 2.45) is 0 Å². The predicted octanol–water partition coefficient (Wildman–Crippen LogP) is 1.61. The number of rotatable bonds is 0. The fourth-order valence-electron chi connectivity index (χ4n) is 0.340. The van der Waals surface area contributed by atoms with Gasteiger partial charge in [0.05, 0.1) is 4.20 Å². The SMILES string of the molecule is S=C1CSC=CS1=S. The summed E-state index contributed by atoms with van der Waals surface area (Å²) in [5.74, 6) is 0.943. The van der Waals surface area contributed by atoms with Crippen molar-refractivity contribution in [1.82, 2.24) is 0 Å². The van der Waals surface area contributed by atoms with Gasteiger partial charge < -0.3 is 0 Å². The van der Waals surface area contributed by atoms with Crippen LogP contribution in [0.5, 0.6) is 0 Å². The average molecular weight is 180 g/mol. The van der Waals surface area contributed by atoms with E-state index in [9.17, 15) is 0 Å². The summed E-state index contributed by atoms with van der Waals surface area (Å²) in [7, 11) is -0.122. The van der Waals surface area contributed by atoms with Crippen molar-refractivity contribution in [1.29, 1.82) is 0 Å². The highest BCUT2D eigenvalue weighted by atomic mass is 32.8. The molecular weight excluding hydrogens is 176 g/mol. The minimum Gasteiger partial charge on any atom is -0.127 e. The van der Waals surface area contributed by atoms with Gasteiger partial charge in [-0.25, -0.2) is 0 Å². The highest BCUT2D eigenvalue weighted by Gasteiger charge is 2.02. The molecule has 0 saturated heterocycles. The Morgan fingerprint density at radius 2 is 2.50 bits per heavy atom. The van der Waals surface area contributed by atoms with Crippen molar-refractivity contribution < 1.29 is 0 Å². The molecule has 0 fully saturated rings. The van der Waals surface area contributed by atoms with E-state index in [1.54, 1.807) is 11.8 Å². The highest BCUT2D eigenvalue weighted by molar-refractivity contribution is 8.44. The first-order valence-corrected chi connectivity index (χ1v) is 5.69. The molecule has 44 valence electrons. The maximum absolute atomic E-state index is 5.00. The molecule has 0 saturated carbocycles. The first kappa shape index (κ1) is 6.86. The number of hydrogen-bond donors (Lipinski definition) is 0.